The lowest BCUT2D eigenvalue weighted by Gasteiger charge is -2.10. The average Bonchev–Trinajstić information content (AvgIpc) is 2.10. The second-order valence-corrected chi connectivity index (χ2v) is 5.56. The predicted octanol–water partition coefficient (Wildman–Crippen LogP) is -0.106. The van der Waals surface area contributed by atoms with E-state index in [4.69, 9.17) is 4.74 Å². The summed E-state index contributed by atoms with van der Waals surface area (Å²) < 4.78 is 30.1. The Labute approximate surface area is 92.8 Å². The monoisotopic (exact) mass is 238 g/mol. The van der Waals surface area contributed by atoms with Gasteiger partial charge in [-0.2, -0.15) is 0 Å². The van der Waals surface area contributed by atoms with Gasteiger partial charge in [-0.1, -0.05) is 6.92 Å². The Kier molecular flexibility index (Phi) is 7.95. The summed E-state index contributed by atoms with van der Waals surface area (Å²) in [7, 11) is 0.856. The lowest BCUT2D eigenvalue weighted by molar-refractivity contribution is 0.122. The van der Waals surface area contributed by atoms with Crippen molar-refractivity contribution in [2.24, 2.45) is 0 Å². The molecule has 0 unspecified atom stereocenters. The minimum absolute atomic E-state index is 0.185. The van der Waals surface area contributed by atoms with Crippen LogP contribution in [0.1, 0.15) is 13.3 Å². The second-order valence-electron chi connectivity index (χ2n) is 3.63. The molecule has 6 heteroatoms. The maximum Gasteiger partial charge on any atom is 0.211 e. The van der Waals surface area contributed by atoms with Crippen LogP contribution in [-0.4, -0.2) is 59.5 Å². The zero-order chi connectivity index (χ0) is 11.7. The summed E-state index contributed by atoms with van der Waals surface area (Å²) in [5.41, 5.74) is 0. The van der Waals surface area contributed by atoms with E-state index in [0.29, 0.717) is 26.2 Å². The summed E-state index contributed by atoms with van der Waals surface area (Å²) in [4.78, 5) is 2.02. The van der Waals surface area contributed by atoms with Crippen molar-refractivity contribution >= 4 is 10.0 Å². The van der Waals surface area contributed by atoms with Gasteiger partial charge >= 0.3 is 0 Å². The highest BCUT2D eigenvalue weighted by molar-refractivity contribution is 7.89. The third kappa shape index (κ3) is 10.1. The zero-order valence-corrected chi connectivity index (χ0v) is 10.6. The number of nitrogens with one attached hydrogen (secondary N) is 1. The molecule has 92 valence electrons. The van der Waals surface area contributed by atoms with Gasteiger partial charge in [0.25, 0.3) is 0 Å². The molecule has 0 heterocycles. The number of sulfonamides is 1. The fourth-order valence-corrected chi connectivity index (χ4v) is 2.04. The summed E-state index contributed by atoms with van der Waals surface area (Å²) in [6.45, 7) is 4.10. The zero-order valence-electron chi connectivity index (χ0n) is 9.82. The molecule has 0 spiro atoms. The molecular formula is C9H22N2O3S. The molecule has 0 aliphatic carbocycles. The van der Waals surface area contributed by atoms with E-state index in [1.165, 1.54) is 0 Å². The summed E-state index contributed by atoms with van der Waals surface area (Å²) in [6.07, 6.45) is 0.636. The Morgan fingerprint density at radius 1 is 1.27 bits per heavy atom. The van der Waals surface area contributed by atoms with Crippen molar-refractivity contribution in [3.63, 3.8) is 0 Å². The van der Waals surface area contributed by atoms with Crippen molar-refractivity contribution < 1.29 is 13.2 Å². The Bertz CT molecular complexity index is 240. The van der Waals surface area contributed by atoms with E-state index in [1.54, 1.807) is 0 Å². The third-order valence-electron chi connectivity index (χ3n) is 1.72. The molecule has 0 saturated heterocycles. The maximum absolute atomic E-state index is 11.2. The van der Waals surface area contributed by atoms with Crippen molar-refractivity contribution in [1.29, 1.82) is 0 Å². The van der Waals surface area contributed by atoms with E-state index in [0.717, 1.165) is 6.54 Å². The van der Waals surface area contributed by atoms with Gasteiger partial charge in [0.15, 0.2) is 0 Å². The topological polar surface area (TPSA) is 58.6 Å². The van der Waals surface area contributed by atoms with E-state index >= 15 is 0 Å². The van der Waals surface area contributed by atoms with Gasteiger partial charge in [-0.15, -0.1) is 0 Å². The Balaban J connectivity index is 3.38. The van der Waals surface area contributed by atoms with Crippen LogP contribution >= 0.6 is 0 Å². The fourth-order valence-electron chi connectivity index (χ4n) is 0.959. The molecule has 0 aliphatic heterocycles. The van der Waals surface area contributed by atoms with Crippen LogP contribution in [0.4, 0.5) is 0 Å². The SMILES string of the molecule is CCCS(=O)(=O)NCCOCCN(C)C. The molecule has 0 rings (SSSR count). The van der Waals surface area contributed by atoms with Crippen molar-refractivity contribution in [3.05, 3.63) is 0 Å². The highest BCUT2D eigenvalue weighted by Gasteiger charge is 2.06. The molecule has 0 amide bonds. The normalized spacial score (nSPS) is 12.3. The van der Waals surface area contributed by atoms with Crippen molar-refractivity contribution in [1.82, 2.24) is 9.62 Å². The average molecular weight is 238 g/mol. The second kappa shape index (κ2) is 8.04. The summed E-state index contributed by atoms with van der Waals surface area (Å²) in [5.74, 6) is 0.185. The van der Waals surface area contributed by atoms with Gasteiger partial charge in [-0.05, 0) is 20.5 Å². The summed E-state index contributed by atoms with van der Waals surface area (Å²) in [6, 6.07) is 0. The fraction of sp³-hybridized carbons (Fsp3) is 1.00. The van der Waals surface area contributed by atoms with Crippen LogP contribution in [0.5, 0.6) is 0 Å². The molecule has 15 heavy (non-hydrogen) atoms. The first kappa shape index (κ1) is 14.8. The number of likely N-dealkylation sites (N-methyl/N-ethyl adjacent to an activating group) is 1. The van der Waals surface area contributed by atoms with E-state index in [1.807, 2.05) is 25.9 Å². The Morgan fingerprint density at radius 3 is 2.47 bits per heavy atom. The van der Waals surface area contributed by atoms with Crippen LogP contribution in [0, 0.1) is 0 Å². The largest absolute Gasteiger partial charge is 0.379 e. The van der Waals surface area contributed by atoms with E-state index in [9.17, 15) is 8.42 Å². The molecule has 0 fully saturated rings. The molecule has 1 N–H and O–H groups in total. The highest BCUT2D eigenvalue weighted by atomic mass is 32.2. The molecule has 0 aromatic rings. The minimum Gasteiger partial charge on any atom is -0.379 e. The lowest BCUT2D eigenvalue weighted by atomic mass is 10.6. The number of rotatable bonds is 9. The van der Waals surface area contributed by atoms with Gasteiger partial charge in [0, 0.05) is 13.1 Å². The van der Waals surface area contributed by atoms with Gasteiger partial charge in [0.2, 0.25) is 10.0 Å². The quantitative estimate of drug-likeness (QED) is 0.570. The third-order valence-corrected chi connectivity index (χ3v) is 3.31. The molecule has 0 aliphatic rings. The number of ether oxygens (including phenoxy) is 1. The van der Waals surface area contributed by atoms with Crippen LogP contribution in [0.2, 0.25) is 0 Å². The standard InChI is InChI=1S/C9H22N2O3S/c1-4-9-15(12,13)10-5-7-14-8-6-11(2)3/h10H,4-9H2,1-3H3. The number of hydrogen-bond acceptors (Lipinski definition) is 4. The Hall–Kier alpha value is -0.170. The summed E-state index contributed by atoms with van der Waals surface area (Å²) in [5, 5.41) is 0. The van der Waals surface area contributed by atoms with Crippen molar-refractivity contribution in [2.75, 3.05) is 46.2 Å². The smallest absolute Gasteiger partial charge is 0.211 e. The van der Waals surface area contributed by atoms with Crippen molar-refractivity contribution in [2.45, 2.75) is 13.3 Å². The van der Waals surface area contributed by atoms with Gasteiger partial charge in [0.05, 0.1) is 19.0 Å². The van der Waals surface area contributed by atoms with Crippen LogP contribution < -0.4 is 4.72 Å². The number of nitrogens with zero attached hydrogens (tertiary/aromatic N) is 1. The van der Waals surface area contributed by atoms with E-state index in [2.05, 4.69) is 4.72 Å². The molecule has 0 atom stereocenters. The Morgan fingerprint density at radius 2 is 1.93 bits per heavy atom. The summed E-state index contributed by atoms with van der Waals surface area (Å²) >= 11 is 0. The molecule has 0 saturated carbocycles. The highest BCUT2D eigenvalue weighted by Crippen LogP contribution is 1.87. The molecular weight excluding hydrogens is 216 g/mol. The number of hydrogen-bond donors (Lipinski definition) is 1. The first-order valence-electron chi connectivity index (χ1n) is 5.17. The van der Waals surface area contributed by atoms with Crippen LogP contribution in [-0.2, 0) is 14.8 Å². The van der Waals surface area contributed by atoms with Gasteiger partial charge in [-0.3, -0.25) is 0 Å². The van der Waals surface area contributed by atoms with E-state index < -0.39 is 10.0 Å². The van der Waals surface area contributed by atoms with E-state index in [-0.39, 0.29) is 5.75 Å². The molecule has 0 radical (unpaired) electrons. The minimum atomic E-state index is -3.08. The van der Waals surface area contributed by atoms with Crippen molar-refractivity contribution in [3.8, 4) is 0 Å². The predicted molar refractivity (Wildman–Crippen MR) is 61.5 cm³/mol. The van der Waals surface area contributed by atoms with Crippen LogP contribution in [0.3, 0.4) is 0 Å². The van der Waals surface area contributed by atoms with Gasteiger partial charge in [0.1, 0.15) is 0 Å². The molecule has 0 aromatic heterocycles. The molecule has 0 aromatic carbocycles. The molecule has 0 bridgehead atoms. The molecule has 5 nitrogen and oxygen atoms in total. The lowest BCUT2D eigenvalue weighted by Crippen LogP contribution is -2.30. The first-order chi connectivity index (χ1) is 6.98. The van der Waals surface area contributed by atoms with Crippen LogP contribution in [0.25, 0.3) is 0 Å². The first-order valence-corrected chi connectivity index (χ1v) is 6.83. The van der Waals surface area contributed by atoms with Gasteiger partial charge in [-0.25, -0.2) is 13.1 Å². The van der Waals surface area contributed by atoms with Crippen LogP contribution in [0.15, 0.2) is 0 Å². The maximum atomic E-state index is 11.2. The van der Waals surface area contributed by atoms with Gasteiger partial charge < -0.3 is 9.64 Å².